The second kappa shape index (κ2) is 5.71. The Bertz CT molecular complexity index is 596. The molecule has 1 amide bonds. The molecule has 98 valence electrons. The minimum absolute atomic E-state index is 0.320. The zero-order valence-corrected chi connectivity index (χ0v) is 11.2. The van der Waals surface area contributed by atoms with Crippen LogP contribution in [-0.4, -0.2) is 10.9 Å². The molecule has 0 atom stereocenters. The first-order valence-electron chi connectivity index (χ1n) is 5.81. The summed E-state index contributed by atoms with van der Waals surface area (Å²) in [5, 5.41) is 3.53. The van der Waals surface area contributed by atoms with Gasteiger partial charge >= 0.3 is 0 Å². The molecule has 2 rings (SSSR count). The number of hydrogen-bond acceptors (Lipinski definition) is 3. The Morgan fingerprint density at radius 1 is 1.37 bits per heavy atom. The molecule has 0 aliphatic rings. The quantitative estimate of drug-likeness (QED) is 0.901. The van der Waals surface area contributed by atoms with Crippen LogP contribution >= 0.6 is 11.6 Å². The molecule has 0 saturated carbocycles. The average molecular weight is 276 g/mol. The van der Waals surface area contributed by atoms with Gasteiger partial charge in [-0.3, -0.25) is 9.78 Å². The average Bonchev–Trinajstić information content (AvgIpc) is 2.37. The molecule has 0 radical (unpaired) electrons. The van der Waals surface area contributed by atoms with Crippen LogP contribution < -0.4 is 11.1 Å². The van der Waals surface area contributed by atoms with Gasteiger partial charge in [0, 0.05) is 11.9 Å². The number of nitrogens with one attached hydrogen (secondary N) is 1. The molecule has 1 aromatic carbocycles. The number of rotatable bonds is 4. The number of primary amides is 1. The van der Waals surface area contributed by atoms with Crippen LogP contribution in [0.2, 0.25) is 5.02 Å². The number of hydrogen-bond donors (Lipinski definition) is 2. The Kier molecular flexibility index (Phi) is 4.02. The summed E-state index contributed by atoms with van der Waals surface area (Å²) < 4.78 is 0. The third-order valence-corrected chi connectivity index (χ3v) is 2.99. The zero-order valence-electron chi connectivity index (χ0n) is 10.5. The highest BCUT2D eigenvalue weighted by molar-refractivity contribution is 6.34. The van der Waals surface area contributed by atoms with Crippen molar-refractivity contribution >= 4 is 23.2 Å². The van der Waals surface area contributed by atoms with E-state index < -0.39 is 5.91 Å². The largest absolute Gasteiger partial charge is 0.379 e. The first-order valence-corrected chi connectivity index (χ1v) is 6.19. The summed E-state index contributed by atoms with van der Waals surface area (Å²) in [6.07, 6.45) is 1.82. The lowest BCUT2D eigenvalue weighted by atomic mass is 10.2. The predicted octanol–water partition coefficient (Wildman–Crippen LogP) is 2.75. The number of halogens is 1. The lowest BCUT2D eigenvalue weighted by molar-refractivity contribution is 0.100. The molecule has 1 heterocycles. The van der Waals surface area contributed by atoms with E-state index in [2.05, 4.69) is 10.3 Å². The highest BCUT2D eigenvalue weighted by atomic mass is 35.5. The number of amides is 1. The van der Waals surface area contributed by atoms with E-state index in [0.717, 1.165) is 16.9 Å². The molecule has 0 saturated heterocycles. The molecule has 1 aromatic heterocycles. The second-order valence-corrected chi connectivity index (χ2v) is 4.65. The Morgan fingerprint density at radius 2 is 2.16 bits per heavy atom. The molecule has 4 nitrogen and oxygen atoms in total. The van der Waals surface area contributed by atoms with Gasteiger partial charge in [-0.25, -0.2) is 0 Å². The van der Waals surface area contributed by atoms with Gasteiger partial charge < -0.3 is 11.1 Å². The van der Waals surface area contributed by atoms with Crippen molar-refractivity contribution in [1.82, 2.24) is 4.98 Å². The number of anilines is 1. The molecule has 0 aliphatic carbocycles. The molecule has 0 aliphatic heterocycles. The summed E-state index contributed by atoms with van der Waals surface area (Å²) in [6.45, 7) is 2.58. The number of carbonyl (C=O) groups excluding carboxylic acids is 1. The first-order chi connectivity index (χ1) is 9.06. The van der Waals surface area contributed by atoms with Gasteiger partial charge in [0.05, 0.1) is 22.8 Å². The SMILES string of the molecule is Cc1ccc(CNc2ccc(C(N)=O)c(Cl)c2)nc1. The Labute approximate surface area is 116 Å². The maximum absolute atomic E-state index is 11.1. The van der Waals surface area contributed by atoms with Crippen molar-refractivity contribution in [1.29, 1.82) is 0 Å². The van der Waals surface area contributed by atoms with Crippen molar-refractivity contribution in [2.24, 2.45) is 5.73 Å². The maximum atomic E-state index is 11.1. The smallest absolute Gasteiger partial charge is 0.250 e. The van der Waals surface area contributed by atoms with Crippen LogP contribution in [0.5, 0.6) is 0 Å². The fourth-order valence-corrected chi connectivity index (χ4v) is 1.89. The Hall–Kier alpha value is -2.07. The van der Waals surface area contributed by atoms with Crippen LogP contribution in [0.15, 0.2) is 36.5 Å². The topological polar surface area (TPSA) is 68.0 Å². The highest BCUT2D eigenvalue weighted by Gasteiger charge is 2.06. The number of benzene rings is 1. The minimum Gasteiger partial charge on any atom is -0.379 e. The molecule has 2 aromatic rings. The van der Waals surface area contributed by atoms with Gasteiger partial charge in [-0.15, -0.1) is 0 Å². The second-order valence-electron chi connectivity index (χ2n) is 4.24. The highest BCUT2D eigenvalue weighted by Crippen LogP contribution is 2.20. The number of nitrogens with zero attached hydrogens (tertiary/aromatic N) is 1. The summed E-state index contributed by atoms with van der Waals surface area (Å²) in [4.78, 5) is 15.3. The number of carbonyl (C=O) groups is 1. The molecular formula is C14H14ClN3O. The molecule has 3 N–H and O–H groups in total. The van der Waals surface area contributed by atoms with E-state index in [-0.39, 0.29) is 0 Å². The molecule has 0 bridgehead atoms. The van der Waals surface area contributed by atoms with E-state index in [1.54, 1.807) is 18.2 Å². The van der Waals surface area contributed by atoms with Crippen LogP contribution in [0, 0.1) is 6.92 Å². The fraction of sp³-hybridized carbons (Fsp3) is 0.143. The van der Waals surface area contributed by atoms with E-state index in [1.807, 2.05) is 25.3 Å². The summed E-state index contributed by atoms with van der Waals surface area (Å²) in [5.41, 5.74) is 8.38. The summed E-state index contributed by atoms with van der Waals surface area (Å²) in [5.74, 6) is -0.531. The standard InChI is InChI=1S/C14H14ClN3O/c1-9-2-3-11(17-7-9)8-18-10-4-5-12(14(16)19)13(15)6-10/h2-7,18H,8H2,1H3,(H2,16,19). The maximum Gasteiger partial charge on any atom is 0.250 e. The summed E-state index contributed by atoms with van der Waals surface area (Å²) in [7, 11) is 0. The number of pyridine rings is 1. The van der Waals surface area contributed by atoms with Crippen LogP contribution in [0.3, 0.4) is 0 Å². The molecule has 0 unspecified atom stereocenters. The van der Waals surface area contributed by atoms with Crippen molar-refractivity contribution in [3.8, 4) is 0 Å². The van der Waals surface area contributed by atoms with Crippen LogP contribution in [0.4, 0.5) is 5.69 Å². The molecule has 0 spiro atoms. The van der Waals surface area contributed by atoms with Crippen LogP contribution in [0.25, 0.3) is 0 Å². The fourth-order valence-electron chi connectivity index (χ4n) is 1.62. The van der Waals surface area contributed by atoms with Gasteiger partial charge in [0.2, 0.25) is 5.91 Å². The third-order valence-electron chi connectivity index (χ3n) is 2.68. The van der Waals surface area contributed by atoms with Crippen LogP contribution in [-0.2, 0) is 6.54 Å². The lowest BCUT2D eigenvalue weighted by Gasteiger charge is -2.08. The lowest BCUT2D eigenvalue weighted by Crippen LogP contribution is -2.11. The normalized spacial score (nSPS) is 10.2. The van der Waals surface area contributed by atoms with E-state index in [4.69, 9.17) is 17.3 Å². The van der Waals surface area contributed by atoms with Gasteiger partial charge in [0.15, 0.2) is 0 Å². The molecular weight excluding hydrogens is 262 g/mol. The van der Waals surface area contributed by atoms with E-state index in [0.29, 0.717) is 17.1 Å². The molecule has 5 heteroatoms. The third kappa shape index (κ3) is 3.45. The van der Waals surface area contributed by atoms with Gasteiger partial charge in [-0.1, -0.05) is 17.7 Å². The van der Waals surface area contributed by atoms with Crippen molar-refractivity contribution in [2.75, 3.05) is 5.32 Å². The number of nitrogens with two attached hydrogens (primary N) is 1. The minimum atomic E-state index is -0.531. The van der Waals surface area contributed by atoms with Gasteiger partial charge in [0.25, 0.3) is 0 Å². The number of aromatic nitrogens is 1. The molecule has 19 heavy (non-hydrogen) atoms. The molecule has 0 fully saturated rings. The van der Waals surface area contributed by atoms with E-state index >= 15 is 0 Å². The summed E-state index contributed by atoms with van der Waals surface area (Å²) in [6, 6.07) is 9.01. The van der Waals surface area contributed by atoms with Crippen molar-refractivity contribution < 1.29 is 4.79 Å². The van der Waals surface area contributed by atoms with Crippen molar-refractivity contribution in [2.45, 2.75) is 13.5 Å². The van der Waals surface area contributed by atoms with Crippen LogP contribution in [0.1, 0.15) is 21.6 Å². The van der Waals surface area contributed by atoms with E-state index in [9.17, 15) is 4.79 Å². The number of aryl methyl sites for hydroxylation is 1. The van der Waals surface area contributed by atoms with Crippen molar-refractivity contribution in [3.05, 3.63) is 58.4 Å². The first kappa shape index (κ1) is 13.4. The summed E-state index contributed by atoms with van der Waals surface area (Å²) >= 11 is 5.97. The Balaban J connectivity index is 2.06. The predicted molar refractivity (Wildman–Crippen MR) is 76.3 cm³/mol. The van der Waals surface area contributed by atoms with Gasteiger partial charge in [0.1, 0.15) is 0 Å². The Morgan fingerprint density at radius 3 is 2.74 bits per heavy atom. The van der Waals surface area contributed by atoms with Gasteiger partial charge in [-0.2, -0.15) is 0 Å². The zero-order chi connectivity index (χ0) is 13.8. The monoisotopic (exact) mass is 275 g/mol. The van der Waals surface area contributed by atoms with E-state index in [1.165, 1.54) is 0 Å². The van der Waals surface area contributed by atoms with Crippen molar-refractivity contribution in [3.63, 3.8) is 0 Å². The van der Waals surface area contributed by atoms with Gasteiger partial charge in [-0.05, 0) is 36.8 Å².